The fraction of sp³-hybridized carbons (Fsp3) is 0.600. The van der Waals surface area contributed by atoms with Gasteiger partial charge >= 0.3 is 5.69 Å². The van der Waals surface area contributed by atoms with Crippen LogP contribution in [0.3, 0.4) is 0 Å². The first-order valence-electron chi connectivity index (χ1n) is 5.17. The summed E-state index contributed by atoms with van der Waals surface area (Å²) in [6.45, 7) is 1.78. The molecule has 0 amide bonds. The number of aromatic amines is 1. The Hall–Kier alpha value is -1.16. The Labute approximate surface area is 81.8 Å². The lowest BCUT2D eigenvalue weighted by atomic mass is 10.0. The van der Waals surface area contributed by atoms with Crippen LogP contribution in [0.25, 0.3) is 0 Å². The lowest BCUT2D eigenvalue weighted by molar-refractivity contribution is 0.610. The van der Waals surface area contributed by atoms with Crippen molar-refractivity contribution in [2.75, 3.05) is 6.54 Å². The minimum absolute atomic E-state index is 0.186. The van der Waals surface area contributed by atoms with Crippen LogP contribution in [0.1, 0.15) is 35.7 Å². The Morgan fingerprint density at radius 3 is 3.00 bits per heavy atom. The molecular weight excluding hydrogens is 178 g/mol. The van der Waals surface area contributed by atoms with Gasteiger partial charge in [0.1, 0.15) is 0 Å². The number of hydrogen-bond donors (Lipinski definition) is 2. The van der Waals surface area contributed by atoms with E-state index in [1.54, 1.807) is 0 Å². The summed E-state index contributed by atoms with van der Waals surface area (Å²) >= 11 is 0. The van der Waals surface area contributed by atoms with Crippen LogP contribution in [0, 0.1) is 0 Å². The molecule has 0 spiro atoms. The summed E-state index contributed by atoms with van der Waals surface area (Å²) in [5, 5.41) is 3.26. The standard InChI is InChI=1S/C10H13N3O/c14-10-12-8-5-11-4-3-7(8)9(13-10)6-1-2-6/h6,11H,1-5H2,(H,12,13,14). The summed E-state index contributed by atoms with van der Waals surface area (Å²) in [5.41, 5.74) is 3.24. The fourth-order valence-electron chi connectivity index (χ4n) is 2.12. The molecule has 4 heteroatoms. The Morgan fingerprint density at radius 2 is 2.21 bits per heavy atom. The van der Waals surface area contributed by atoms with Gasteiger partial charge in [-0.15, -0.1) is 0 Å². The maximum atomic E-state index is 11.3. The summed E-state index contributed by atoms with van der Waals surface area (Å²) in [7, 11) is 0. The molecule has 0 bridgehead atoms. The molecule has 1 saturated carbocycles. The largest absolute Gasteiger partial charge is 0.345 e. The quantitative estimate of drug-likeness (QED) is 0.671. The third-order valence-corrected chi connectivity index (χ3v) is 2.97. The predicted octanol–water partition coefficient (Wildman–Crippen LogP) is 0.293. The van der Waals surface area contributed by atoms with E-state index in [1.807, 2.05) is 0 Å². The highest BCUT2D eigenvalue weighted by atomic mass is 16.1. The Kier molecular flexibility index (Phi) is 1.70. The zero-order valence-corrected chi connectivity index (χ0v) is 7.97. The van der Waals surface area contributed by atoms with Crippen LogP contribution < -0.4 is 11.0 Å². The van der Waals surface area contributed by atoms with Crippen LogP contribution in [0.2, 0.25) is 0 Å². The SMILES string of the molecule is O=c1nc(C2CC2)c2c([nH]1)CNCC2. The van der Waals surface area contributed by atoms with Crippen LogP contribution in [-0.4, -0.2) is 16.5 Å². The molecule has 74 valence electrons. The van der Waals surface area contributed by atoms with E-state index < -0.39 is 0 Å². The van der Waals surface area contributed by atoms with Crippen molar-refractivity contribution in [3.05, 3.63) is 27.4 Å². The van der Waals surface area contributed by atoms with Gasteiger partial charge in [0, 0.05) is 18.2 Å². The van der Waals surface area contributed by atoms with Crippen molar-refractivity contribution in [3.8, 4) is 0 Å². The maximum absolute atomic E-state index is 11.3. The van der Waals surface area contributed by atoms with Crippen LogP contribution >= 0.6 is 0 Å². The Bertz CT molecular complexity index is 420. The molecule has 3 rings (SSSR count). The smallest absolute Gasteiger partial charge is 0.311 e. The van der Waals surface area contributed by atoms with Crippen LogP contribution in [0.15, 0.2) is 4.79 Å². The highest BCUT2D eigenvalue weighted by Crippen LogP contribution is 2.40. The molecule has 0 atom stereocenters. The summed E-state index contributed by atoms with van der Waals surface area (Å²) in [5.74, 6) is 0.573. The van der Waals surface area contributed by atoms with Crippen molar-refractivity contribution >= 4 is 0 Å². The molecule has 14 heavy (non-hydrogen) atoms. The Balaban J connectivity index is 2.16. The molecule has 1 aliphatic carbocycles. The zero-order chi connectivity index (χ0) is 9.54. The second-order valence-electron chi connectivity index (χ2n) is 4.09. The molecule has 1 fully saturated rings. The third kappa shape index (κ3) is 1.26. The summed E-state index contributed by atoms with van der Waals surface area (Å²) in [6.07, 6.45) is 3.41. The number of hydrogen-bond acceptors (Lipinski definition) is 3. The van der Waals surface area contributed by atoms with E-state index in [0.717, 1.165) is 30.9 Å². The molecule has 0 radical (unpaired) electrons. The van der Waals surface area contributed by atoms with Crippen molar-refractivity contribution in [1.82, 2.24) is 15.3 Å². The van der Waals surface area contributed by atoms with Crippen molar-refractivity contribution in [1.29, 1.82) is 0 Å². The van der Waals surface area contributed by atoms with Crippen molar-refractivity contribution in [2.24, 2.45) is 0 Å². The number of nitrogens with one attached hydrogen (secondary N) is 2. The van der Waals surface area contributed by atoms with Gasteiger partial charge in [-0.05, 0) is 31.4 Å². The van der Waals surface area contributed by atoms with E-state index in [0.29, 0.717) is 5.92 Å². The lowest BCUT2D eigenvalue weighted by Gasteiger charge is -2.18. The first-order chi connectivity index (χ1) is 6.84. The molecule has 0 aromatic carbocycles. The van der Waals surface area contributed by atoms with E-state index in [4.69, 9.17) is 0 Å². The van der Waals surface area contributed by atoms with Gasteiger partial charge in [0.2, 0.25) is 0 Å². The first kappa shape index (κ1) is 8.17. The van der Waals surface area contributed by atoms with Gasteiger partial charge < -0.3 is 10.3 Å². The molecule has 0 unspecified atom stereocenters. The molecule has 4 nitrogen and oxygen atoms in total. The second kappa shape index (κ2) is 2.92. The van der Waals surface area contributed by atoms with Gasteiger partial charge in [0.05, 0.1) is 5.69 Å². The lowest BCUT2D eigenvalue weighted by Crippen LogP contribution is -2.30. The summed E-state index contributed by atoms with van der Waals surface area (Å²) in [6, 6.07) is 0. The van der Waals surface area contributed by atoms with Gasteiger partial charge in [0.25, 0.3) is 0 Å². The average Bonchev–Trinajstić information content (AvgIpc) is 2.99. The van der Waals surface area contributed by atoms with E-state index in [-0.39, 0.29) is 5.69 Å². The van der Waals surface area contributed by atoms with Crippen LogP contribution in [0.5, 0.6) is 0 Å². The fourth-order valence-corrected chi connectivity index (χ4v) is 2.12. The van der Waals surface area contributed by atoms with Crippen molar-refractivity contribution < 1.29 is 0 Å². The molecule has 2 aliphatic rings. The van der Waals surface area contributed by atoms with Gasteiger partial charge in [-0.1, -0.05) is 0 Å². The zero-order valence-electron chi connectivity index (χ0n) is 7.97. The molecule has 1 aromatic heterocycles. The van der Waals surface area contributed by atoms with E-state index in [1.165, 1.54) is 18.4 Å². The van der Waals surface area contributed by atoms with Gasteiger partial charge in [-0.2, -0.15) is 4.98 Å². The van der Waals surface area contributed by atoms with Crippen LogP contribution in [-0.2, 0) is 13.0 Å². The van der Waals surface area contributed by atoms with Gasteiger partial charge in [-0.25, -0.2) is 4.79 Å². The molecular formula is C10H13N3O. The minimum Gasteiger partial charge on any atom is -0.311 e. The molecule has 0 saturated heterocycles. The summed E-state index contributed by atoms with van der Waals surface area (Å²) in [4.78, 5) is 18.2. The first-order valence-corrected chi connectivity index (χ1v) is 5.17. The molecule has 2 heterocycles. The number of H-pyrrole nitrogens is 1. The molecule has 1 aliphatic heterocycles. The second-order valence-corrected chi connectivity index (χ2v) is 4.09. The summed E-state index contributed by atoms with van der Waals surface area (Å²) < 4.78 is 0. The maximum Gasteiger partial charge on any atom is 0.345 e. The number of nitrogens with zero attached hydrogens (tertiary/aromatic N) is 1. The van der Waals surface area contributed by atoms with Crippen LogP contribution in [0.4, 0.5) is 0 Å². The predicted molar refractivity (Wildman–Crippen MR) is 52.2 cm³/mol. The number of aromatic nitrogens is 2. The monoisotopic (exact) mass is 191 g/mol. The molecule has 1 aromatic rings. The average molecular weight is 191 g/mol. The number of rotatable bonds is 1. The topological polar surface area (TPSA) is 57.8 Å². The van der Waals surface area contributed by atoms with Gasteiger partial charge in [0.15, 0.2) is 0 Å². The highest BCUT2D eigenvalue weighted by Gasteiger charge is 2.29. The Morgan fingerprint density at radius 1 is 1.36 bits per heavy atom. The van der Waals surface area contributed by atoms with E-state index in [9.17, 15) is 4.79 Å². The van der Waals surface area contributed by atoms with E-state index in [2.05, 4.69) is 15.3 Å². The molecule has 2 N–H and O–H groups in total. The normalized spacial score (nSPS) is 20.6. The third-order valence-electron chi connectivity index (χ3n) is 2.97. The number of fused-ring (bicyclic) bond motifs is 1. The van der Waals surface area contributed by atoms with Crippen molar-refractivity contribution in [2.45, 2.75) is 31.7 Å². The van der Waals surface area contributed by atoms with E-state index >= 15 is 0 Å². The van der Waals surface area contributed by atoms with Gasteiger partial charge in [-0.3, -0.25) is 0 Å². The highest BCUT2D eigenvalue weighted by molar-refractivity contribution is 5.31. The van der Waals surface area contributed by atoms with Crippen molar-refractivity contribution in [3.63, 3.8) is 0 Å². The minimum atomic E-state index is -0.186.